The first-order valence-corrected chi connectivity index (χ1v) is 11.1. The number of hydrogen-bond acceptors (Lipinski definition) is 5. The molecule has 2 atom stereocenters. The Morgan fingerprint density at radius 1 is 1.06 bits per heavy atom. The van der Waals surface area contributed by atoms with Gasteiger partial charge in [0.2, 0.25) is 12.5 Å². The standard InChI is InChI=1S/C27H23NO5/c1-28-12-11-17-14-24-26(32-16-31-24)27(29-2)25(17)21(28)7-5-13-30-18-9-10-23-20(15-18)19-6-3-4-8-22(19)33-23/h3-4,6,8-10,14-15,21H,11-13,16H2,1-2H3/p+1/t21-/m1/s1. The van der Waals surface area contributed by atoms with Crippen molar-refractivity contribution in [2.45, 2.75) is 12.5 Å². The molecule has 1 unspecified atom stereocenters. The van der Waals surface area contributed by atoms with Crippen LogP contribution >= 0.6 is 0 Å². The van der Waals surface area contributed by atoms with Crippen LogP contribution in [0.4, 0.5) is 0 Å². The van der Waals surface area contributed by atoms with E-state index in [0.29, 0.717) is 12.4 Å². The molecule has 0 bridgehead atoms. The van der Waals surface area contributed by atoms with Gasteiger partial charge in [-0.15, -0.1) is 0 Å². The van der Waals surface area contributed by atoms with Gasteiger partial charge in [0.15, 0.2) is 17.5 Å². The van der Waals surface area contributed by atoms with Crippen LogP contribution in [0, 0.1) is 11.8 Å². The molecule has 0 spiro atoms. The number of hydrogen-bond donors (Lipinski definition) is 1. The average molecular weight is 442 g/mol. The van der Waals surface area contributed by atoms with Gasteiger partial charge in [0.1, 0.15) is 23.5 Å². The Kier molecular flexibility index (Phi) is 4.78. The summed E-state index contributed by atoms with van der Waals surface area (Å²) in [6.07, 6.45) is 0.946. The second-order valence-electron chi connectivity index (χ2n) is 8.36. The van der Waals surface area contributed by atoms with Crippen molar-refractivity contribution in [1.29, 1.82) is 0 Å². The predicted molar refractivity (Wildman–Crippen MR) is 124 cm³/mol. The number of ether oxygens (including phenoxy) is 4. The fraction of sp³-hybridized carbons (Fsp3) is 0.259. The normalized spacial score (nSPS) is 18.6. The van der Waals surface area contributed by atoms with Crippen LogP contribution in [0.5, 0.6) is 23.0 Å². The molecule has 3 aromatic carbocycles. The Morgan fingerprint density at radius 2 is 1.94 bits per heavy atom. The van der Waals surface area contributed by atoms with Crippen LogP contribution in [-0.2, 0) is 6.42 Å². The van der Waals surface area contributed by atoms with Gasteiger partial charge in [-0.05, 0) is 41.8 Å². The number of furan rings is 1. The first-order chi connectivity index (χ1) is 16.2. The van der Waals surface area contributed by atoms with Gasteiger partial charge in [-0.2, -0.15) is 0 Å². The van der Waals surface area contributed by atoms with E-state index in [1.54, 1.807) is 7.11 Å². The molecule has 2 aliphatic heterocycles. The van der Waals surface area contributed by atoms with E-state index >= 15 is 0 Å². The van der Waals surface area contributed by atoms with Gasteiger partial charge in [-0.1, -0.05) is 24.1 Å². The van der Waals surface area contributed by atoms with E-state index in [4.69, 9.17) is 23.4 Å². The van der Waals surface area contributed by atoms with Gasteiger partial charge in [-0.25, -0.2) is 0 Å². The van der Waals surface area contributed by atoms with E-state index in [9.17, 15) is 0 Å². The number of fused-ring (bicyclic) bond motifs is 5. The quantitative estimate of drug-likeness (QED) is 0.492. The second-order valence-corrected chi connectivity index (χ2v) is 8.36. The minimum Gasteiger partial charge on any atom is -0.492 e. The van der Waals surface area contributed by atoms with Crippen molar-refractivity contribution in [2.24, 2.45) is 0 Å². The highest BCUT2D eigenvalue weighted by atomic mass is 16.7. The lowest BCUT2D eigenvalue weighted by Crippen LogP contribution is -3.10. The molecule has 0 amide bonds. The minimum absolute atomic E-state index is 0.0258. The van der Waals surface area contributed by atoms with E-state index in [1.807, 2.05) is 36.4 Å². The van der Waals surface area contributed by atoms with Crippen LogP contribution in [0.15, 0.2) is 52.9 Å². The van der Waals surface area contributed by atoms with Crippen LogP contribution in [0.25, 0.3) is 21.9 Å². The molecule has 0 radical (unpaired) electrons. The molecular formula is C27H24NO5+. The summed E-state index contributed by atoms with van der Waals surface area (Å²) in [6.45, 7) is 1.51. The largest absolute Gasteiger partial charge is 0.492 e. The average Bonchev–Trinajstić information content (AvgIpc) is 3.45. The summed E-state index contributed by atoms with van der Waals surface area (Å²) in [4.78, 5) is 1.32. The Balaban J connectivity index is 1.26. The van der Waals surface area contributed by atoms with Crippen molar-refractivity contribution < 1.29 is 28.3 Å². The summed E-state index contributed by atoms with van der Waals surface area (Å²) in [5.74, 6) is 9.58. The first kappa shape index (κ1) is 19.8. The van der Waals surface area contributed by atoms with Crippen LogP contribution < -0.4 is 23.8 Å². The number of quaternary nitrogens is 1. The van der Waals surface area contributed by atoms with Crippen molar-refractivity contribution >= 4 is 21.9 Å². The molecule has 1 aromatic heterocycles. The molecule has 1 N–H and O–H groups in total. The molecular weight excluding hydrogens is 418 g/mol. The Labute approximate surface area is 191 Å². The number of para-hydroxylation sites is 1. The first-order valence-electron chi connectivity index (χ1n) is 11.1. The molecule has 6 rings (SSSR count). The Bertz CT molecular complexity index is 1430. The van der Waals surface area contributed by atoms with Gasteiger partial charge in [0.05, 0.1) is 26.3 Å². The SMILES string of the molecule is COc1c2c(cc3c1[C@@H](C#CCOc1ccc4oc5ccccc5c4c1)[NH+](C)CC3)OCO2. The molecule has 0 aliphatic carbocycles. The van der Waals surface area contributed by atoms with Crippen molar-refractivity contribution in [2.75, 3.05) is 34.1 Å². The van der Waals surface area contributed by atoms with Crippen molar-refractivity contribution in [3.8, 4) is 34.8 Å². The lowest BCUT2D eigenvalue weighted by atomic mass is 9.91. The van der Waals surface area contributed by atoms with E-state index in [1.165, 1.54) is 10.5 Å². The van der Waals surface area contributed by atoms with Gasteiger partial charge in [0.25, 0.3) is 0 Å². The highest BCUT2D eigenvalue weighted by molar-refractivity contribution is 6.05. The zero-order chi connectivity index (χ0) is 22.4. The number of nitrogens with one attached hydrogen (secondary N) is 1. The predicted octanol–water partition coefficient (Wildman–Crippen LogP) is 3.52. The van der Waals surface area contributed by atoms with E-state index in [0.717, 1.165) is 57.7 Å². The van der Waals surface area contributed by atoms with Crippen molar-refractivity contribution in [1.82, 2.24) is 0 Å². The summed E-state index contributed by atoms with van der Waals surface area (Å²) >= 11 is 0. The zero-order valence-corrected chi connectivity index (χ0v) is 18.6. The number of benzene rings is 3. The third kappa shape index (κ3) is 3.33. The third-order valence-corrected chi connectivity index (χ3v) is 6.42. The summed E-state index contributed by atoms with van der Waals surface area (Å²) in [7, 11) is 3.83. The zero-order valence-electron chi connectivity index (χ0n) is 18.6. The maximum atomic E-state index is 5.98. The van der Waals surface area contributed by atoms with Gasteiger partial charge >= 0.3 is 0 Å². The van der Waals surface area contributed by atoms with Gasteiger partial charge < -0.3 is 28.3 Å². The number of methoxy groups -OCH3 is 1. The molecule has 0 saturated heterocycles. The Morgan fingerprint density at radius 3 is 2.85 bits per heavy atom. The lowest BCUT2D eigenvalue weighted by Gasteiger charge is -2.29. The fourth-order valence-electron chi connectivity index (χ4n) is 4.78. The molecule has 0 saturated carbocycles. The molecule has 3 heterocycles. The highest BCUT2D eigenvalue weighted by Gasteiger charge is 2.35. The van der Waals surface area contributed by atoms with Crippen LogP contribution in [0.3, 0.4) is 0 Å². The van der Waals surface area contributed by atoms with Crippen LogP contribution in [-0.4, -0.2) is 34.1 Å². The second kappa shape index (κ2) is 7.95. The highest BCUT2D eigenvalue weighted by Crippen LogP contribution is 2.47. The van der Waals surface area contributed by atoms with E-state index in [-0.39, 0.29) is 12.8 Å². The summed E-state index contributed by atoms with van der Waals surface area (Å²) in [5.41, 5.74) is 4.02. The van der Waals surface area contributed by atoms with Crippen molar-refractivity contribution in [3.63, 3.8) is 0 Å². The summed E-state index contributed by atoms with van der Waals surface area (Å²) < 4.78 is 28.9. The maximum absolute atomic E-state index is 5.98. The van der Waals surface area contributed by atoms with Crippen LogP contribution in [0.2, 0.25) is 0 Å². The van der Waals surface area contributed by atoms with Crippen molar-refractivity contribution in [3.05, 3.63) is 59.7 Å². The molecule has 6 nitrogen and oxygen atoms in total. The van der Waals surface area contributed by atoms with E-state index in [2.05, 4.69) is 31.0 Å². The molecule has 0 fully saturated rings. The Hall–Kier alpha value is -3.82. The molecule has 6 heteroatoms. The third-order valence-electron chi connectivity index (χ3n) is 6.42. The molecule has 2 aliphatic rings. The smallest absolute Gasteiger partial charge is 0.231 e. The molecule has 166 valence electrons. The minimum atomic E-state index is -0.0258. The number of likely N-dealkylation sites (N-methyl/N-ethyl adjacent to an activating group) is 1. The van der Waals surface area contributed by atoms with Gasteiger partial charge in [-0.3, -0.25) is 0 Å². The fourth-order valence-corrected chi connectivity index (χ4v) is 4.78. The summed E-state index contributed by atoms with van der Waals surface area (Å²) in [5, 5.41) is 2.13. The summed E-state index contributed by atoms with van der Waals surface area (Å²) in [6, 6.07) is 15.9. The number of rotatable bonds is 3. The lowest BCUT2D eigenvalue weighted by molar-refractivity contribution is -0.905. The molecule has 33 heavy (non-hydrogen) atoms. The maximum Gasteiger partial charge on any atom is 0.231 e. The van der Waals surface area contributed by atoms with Crippen LogP contribution in [0.1, 0.15) is 17.2 Å². The van der Waals surface area contributed by atoms with E-state index < -0.39 is 0 Å². The van der Waals surface area contributed by atoms with Gasteiger partial charge in [0, 0.05) is 17.2 Å². The monoisotopic (exact) mass is 442 g/mol. The molecule has 4 aromatic rings. The topological polar surface area (TPSA) is 54.5 Å².